The lowest BCUT2D eigenvalue weighted by Crippen LogP contribution is -2.37. The molecule has 1 heterocycles. The van der Waals surface area contributed by atoms with Crippen molar-refractivity contribution in [1.29, 1.82) is 0 Å². The third-order valence-corrected chi connectivity index (χ3v) is 5.85. The molecule has 1 fully saturated rings. The van der Waals surface area contributed by atoms with Gasteiger partial charge >= 0.3 is 0 Å². The van der Waals surface area contributed by atoms with Crippen LogP contribution in [0.4, 0.5) is 0 Å². The Hall–Kier alpha value is -1.30. The summed E-state index contributed by atoms with van der Waals surface area (Å²) in [6.07, 6.45) is 6.47. The van der Waals surface area contributed by atoms with Crippen LogP contribution in [0.1, 0.15) is 41.8 Å². The van der Waals surface area contributed by atoms with E-state index in [4.69, 9.17) is 16.3 Å². The molecule has 24 heavy (non-hydrogen) atoms. The van der Waals surface area contributed by atoms with Gasteiger partial charge in [0, 0.05) is 34.2 Å². The number of rotatable bonds is 6. The minimum absolute atomic E-state index is 0.0883. The zero-order valence-corrected chi connectivity index (χ0v) is 15.4. The van der Waals surface area contributed by atoms with Crippen molar-refractivity contribution in [1.82, 2.24) is 10.6 Å². The highest BCUT2D eigenvalue weighted by molar-refractivity contribution is 7.21. The Balaban J connectivity index is 1.59. The number of halogens is 1. The highest BCUT2D eigenvalue weighted by Crippen LogP contribution is 2.38. The fourth-order valence-corrected chi connectivity index (χ4v) is 4.48. The summed E-state index contributed by atoms with van der Waals surface area (Å²) in [5.74, 6) is 0.518. The lowest BCUT2D eigenvalue weighted by molar-refractivity contribution is 0.0955. The number of thiophene rings is 1. The van der Waals surface area contributed by atoms with Gasteiger partial charge in [0.1, 0.15) is 10.6 Å². The average Bonchev–Trinajstić information content (AvgIpc) is 2.97. The van der Waals surface area contributed by atoms with Crippen molar-refractivity contribution in [3.8, 4) is 5.75 Å². The first kappa shape index (κ1) is 17.5. The van der Waals surface area contributed by atoms with E-state index in [2.05, 4.69) is 10.6 Å². The van der Waals surface area contributed by atoms with E-state index in [0.717, 1.165) is 16.6 Å². The summed E-state index contributed by atoms with van der Waals surface area (Å²) < 4.78 is 6.45. The van der Waals surface area contributed by atoms with Crippen LogP contribution in [0.3, 0.4) is 0 Å². The van der Waals surface area contributed by atoms with Crippen molar-refractivity contribution in [2.24, 2.45) is 0 Å². The van der Waals surface area contributed by atoms with E-state index in [9.17, 15) is 4.79 Å². The number of hydrogen-bond acceptors (Lipinski definition) is 4. The summed E-state index contributed by atoms with van der Waals surface area (Å²) in [6, 6.07) is 6.20. The monoisotopic (exact) mass is 366 g/mol. The minimum atomic E-state index is -0.0883. The molecule has 1 aromatic heterocycles. The average molecular weight is 367 g/mol. The first-order valence-corrected chi connectivity index (χ1v) is 9.66. The molecule has 0 bridgehead atoms. The molecule has 6 heteroatoms. The maximum Gasteiger partial charge on any atom is 0.265 e. The van der Waals surface area contributed by atoms with Crippen molar-refractivity contribution in [3.05, 3.63) is 28.1 Å². The molecule has 1 amide bonds. The molecule has 0 spiro atoms. The number of hydrogen-bond donors (Lipinski definition) is 2. The van der Waals surface area contributed by atoms with Crippen LogP contribution in [0, 0.1) is 0 Å². The van der Waals surface area contributed by atoms with E-state index in [0.29, 0.717) is 28.2 Å². The Bertz CT molecular complexity index is 710. The van der Waals surface area contributed by atoms with Crippen molar-refractivity contribution < 1.29 is 9.53 Å². The van der Waals surface area contributed by atoms with Gasteiger partial charge in [-0.2, -0.15) is 0 Å². The van der Waals surface area contributed by atoms with Crippen LogP contribution >= 0.6 is 22.9 Å². The molecule has 3 rings (SSSR count). The first-order chi connectivity index (χ1) is 11.7. The molecule has 2 aromatic rings. The second kappa shape index (κ2) is 8.19. The molecule has 0 saturated heterocycles. The van der Waals surface area contributed by atoms with Crippen molar-refractivity contribution in [3.63, 3.8) is 0 Å². The Labute approximate surface area is 151 Å². The molecule has 4 nitrogen and oxygen atoms in total. The summed E-state index contributed by atoms with van der Waals surface area (Å²) in [5, 5.41) is 8.05. The van der Waals surface area contributed by atoms with Gasteiger partial charge in [0.05, 0.1) is 7.11 Å². The predicted octanol–water partition coefficient (Wildman–Crippen LogP) is 4.22. The van der Waals surface area contributed by atoms with E-state index in [1.165, 1.54) is 43.4 Å². The standard InChI is InChI=1S/C18H23ClN2O2S/c1-23-16-14-11-12(19)7-8-15(14)24-17(16)18(22)21-10-9-20-13-5-3-2-4-6-13/h7-8,11,13,20H,2-6,9-10H2,1H3,(H,21,22). The van der Waals surface area contributed by atoms with Gasteiger partial charge < -0.3 is 15.4 Å². The van der Waals surface area contributed by atoms with Crippen LogP contribution < -0.4 is 15.4 Å². The van der Waals surface area contributed by atoms with Gasteiger partial charge in [-0.15, -0.1) is 11.3 Å². The van der Waals surface area contributed by atoms with E-state index in [1.807, 2.05) is 18.2 Å². The van der Waals surface area contributed by atoms with Gasteiger partial charge in [0.2, 0.25) is 0 Å². The first-order valence-electron chi connectivity index (χ1n) is 8.46. The largest absolute Gasteiger partial charge is 0.494 e. The second-order valence-electron chi connectivity index (χ2n) is 6.15. The molecule has 0 unspecified atom stereocenters. The Kier molecular flexibility index (Phi) is 5.98. The van der Waals surface area contributed by atoms with Crippen LogP contribution in [0.5, 0.6) is 5.75 Å². The number of carbonyl (C=O) groups excluding carboxylic acids is 1. The molecule has 0 aliphatic heterocycles. The number of amides is 1. The van der Waals surface area contributed by atoms with Gasteiger partial charge in [-0.3, -0.25) is 4.79 Å². The molecule has 1 aliphatic carbocycles. The zero-order chi connectivity index (χ0) is 16.9. The molecular formula is C18H23ClN2O2S. The number of fused-ring (bicyclic) bond motifs is 1. The van der Waals surface area contributed by atoms with Gasteiger partial charge in [0.25, 0.3) is 5.91 Å². The zero-order valence-electron chi connectivity index (χ0n) is 13.9. The van der Waals surface area contributed by atoms with Crippen LogP contribution in [0.15, 0.2) is 18.2 Å². The second-order valence-corrected chi connectivity index (χ2v) is 7.64. The lowest BCUT2D eigenvalue weighted by atomic mass is 9.95. The number of nitrogens with one attached hydrogen (secondary N) is 2. The number of carbonyl (C=O) groups is 1. The molecule has 130 valence electrons. The summed E-state index contributed by atoms with van der Waals surface area (Å²) in [7, 11) is 1.59. The van der Waals surface area contributed by atoms with E-state index in [1.54, 1.807) is 7.11 Å². The van der Waals surface area contributed by atoms with E-state index >= 15 is 0 Å². The Morgan fingerprint density at radius 3 is 2.83 bits per heavy atom. The van der Waals surface area contributed by atoms with Crippen LogP contribution in [-0.2, 0) is 0 Å². The molecular weight excluding hydrogens is 344 g/mol. The fourth-order valence-electron chi connectivity index (χ4n) is 3.24. The van der Waals surface area contributed by atoms with E-state index < -0.39 is 0 Å². The van der Waals surface area contributed by atoms with Gasteiger partial charge in [-0.05, 0) is 31.0 Å². The maximum atomic E-state index is 12.5. The van der Waals surface area contributed by atoms with Crippen LogP contribution in [-0.4, -0.2) is 32.1 Å². The van der Waals surface area contributed by atoms with Crippen molar-refractivity contribution in [2.45, 2.75) is 38.1 Å². The molecule has 2 N–H and O–H groups in total. The van der Waals surface area contributed by atoms with E-state index in [-0.39, 0.29) is 5.91 Å². The van der Waals surface area contributed by atoms with Gasteiger partial charge in [-0.1, -0.05) is 30.9 Å². The number of benzene rings is 1. The quantitative estimate of drug-likeness (QED) is 0.753. The summed E-state index contributed by atoms with van der Waals surface area (Å²) >= 11 is 7.49. The number of methoxy groups -OCH3 is 1. The third kappa shape index (κ3) is 4.02. The molecule has 0 atom stereocenters. The SMILES string of the molecule is COc1c(C(=O)NCCNC2CCCCC2)sc2ccc(Cl)cc12. The normalized spacial score (nSPS) is 15.6. The maximum absolute atomic E-state index is 12.5. The Morgan fingerprint density at radius 2 is 2.08 bits per heavy atom. The number of ether oxygens (including phenoxy) is 1. The molecule has 1 aliphatic rings. The van der Waals surface area contributed by atoms with Gasteiger partial charge in [-0.25, -0.2) is 0 Å². The molecule has 1 aromatic carbocycles. The third-order valence-electron chi connectivity index (χ3n) is 4.46. The minimum Gasteiger partial charge on any atom is -0.494 e. The lowest BCUT2D eigenvalue weighted by Gasteiger charge is -2.22. The van der Waals surface area contributed by atoms with Crippen molar-refractivity contribution in [2.75, 3.05) is 20.2 Å². The van der Waals surface area contributed by atoms with Gasteiger partial charge in [0.15, 0.2) is 0 Å². The topological polar surface area (TPSA) is 50.4 Å². The predicted molar refractivity (Wildman–Crippen MR) is 101 cm³/mol. The highest BCUT2D eigenvalue weighted by Gasteiger charge is 2.19. The fraction of sp³-hybridized carbons (Fsp3) is 0.500. The Morgan fingerprint density at radius 1 is 1.29 bits per heavy atom. The van der Waals surface area contributed by atoms with Crippen molar-refractivity contribution >= 4 is 38.9 Å². The summed E-state index contributed by atoms with van der Waals surface area (Å²) in [5.41, 5.74) is 0. The summed E-state index contributed by atoms with van der Waals surface area (Å²) in [4.78, 5) is 13.1. The van der Waals surface area contributed by atoms with Crippen LogP contribution in [0.25, 0.3) is 10.1 Å². The molecule has 0 radical (unpaired) electrons. The summed E-state index contributed by atoms with van der Waals surface area (Å²) in [6.45, 7) is 1.42. The van der Waals surface area contributed by atoms with Crippen LogP contribution in [0.2, 0.25) is 5.02 Å². The highest BCUT2D eigenvalue weighted by atomic mass is 35.5. The molecule has 1 saturated carbocycles. The smallest absolute Gasteiger partial charge is 0.265 e.